The van der Waals surface area contributed by atoms with Gasteiger partial charge in [-0.25, -0.2) is 4.79 Å². The van der Waals surface area contributed by atoms with Gasteiger partial charge in [-0.1, -0.05) is 41.9 Å². The maximum Gasteiger partial charge on any atom is 0.325 e. The van der Waals surface area contributed by atoms with Crippen LogP contribution >= 0.6 is 11.6 Å². The highest BCUT2D eigenvalue weighted by Gasteiger charge is 2.49. The molecule has 3 rings (SSSR count). The number of nitrogens with zero attached hydrogens (tertiary/aromatic N) is 1. The average Bonchev–Trinajstić information content (AvgIpc) is 2.83. The van der Waals surface area contributed by atoms with Crippen molar-refractivity contribution in [3.8, 4) is 0 Å². The van der Waals surface area contributed by atoms with Crippen LogP contribution in [-0.4, -0.2) is 29.3 Å². The van der Waals surface area contributed by atoms with Gasteiger partial charge in [0.2, 0.25) is 5.91 Å². The van der Waals surface area contributed by atoms with E-state index in [1.165, 1.54) is 0 Å². The van der Waals surface area contributed by atoms with Gasteiger partial charge in [0.25, 0.3) is 5.91 Å². The lowest BCUT2D eigenvalue weighted by molar-refractivity contribution is -0.133. The van der Waals surface area contributed by atoms with Crippen molar-refractivity contribution in [2.24, 2.45) is 0 Å². The number of rotatable bonds is 4. The Kier molecular flexibility index (Phi) is 4.93. The second kappa shape index (κ2) is 7.04. The van der Waals surface area contributed by atoms with E-state index in [1.54, 1.807) is 31.2 Å². The molecule has 0 bridgehead atoms. The van der Waals surface area contributed by atoms with Gasteiger partial charge in [0, 0.05) is 10.7 Å². The van der Waals surface area contributed by atoms with Crippen LogP contribution in [0.4, 0.5) is 10.5 Å². The lowest BCUT2D eigenvalue weighted by Crippen LogP contribution is -2.42. The molecule has 140 valence electrons. The summed E-state index contributed by atoms with van der Waals surface area (Å²) in [5, 5.41) is 5.99. The summed E-state index contributed by atoms with van der Waals surface area (Å²) >= 11 is 5.89. The second-order valence-corrected chi connectivity index (χ2v) is 7.20. The number of carbonyl (C=O) groups is 3. The van der Waals surface area contributed by atoms with Crippen molar-refractivity contribution >= 4 is 35.1 Å². The van der Waals surface area contributed by atoms with Crippen molar-refractivity contribution in [3.63, 3.8) is 0 Å². The summed E-state index contributed by atoms with van der Waals surface area (Å²) < 4.78 is 0. The maximum atomic E-state index is 12.9. The van der Waals surface area contributed by atoms with Crippen LogP contribution < -0.4 is 10.6 Å². The van der Waals surface area contributed by atoms with Crippen molar-refractivity contribution in [3.05, 3.63) is 64.2 Å². The van der Waals surface area contributed by atoms with Crippen LogP contribution in [0.2, 0.25) is 5.02 Å². The van der Waals surface area contributed by atoms with Gasteiger partial charge in [0.15, 0.2) is 0 Å². The molecule has 1 fully saturated rings. The first-order valence-corrected chi connectivity index (χ1v) is 8.86. The third kappa shape index (κ3) is 3.53. The highest BCUT2D eigenvalue weighted by atomic mass is 35.5. The van der Waals surface area contributed by atoms with Crippen LogP contribution in [0, 0.1) is 13.8 Å². The number of carbonyl (C=O) groups excluding carboxylic acids is 3. The monoisotopic (exact) mass is 385 g/mol. The molecule has 7 heteroatoms. The Labute approximate surface area is 162 Å². The first-order chi connectivity index (χ1) is 12.7. The summed E-state index contributed by atoms with van der Waals surface area (Å²) in [6, 6.07) is 11.7. The Balaban J connectivity index is 1.77. The highest BCUT2D eigenvalue weighted by molar-refractivity contribution is 6.30. The standard InChI is InChI=1S/C20H20ClN3O3/c1-12-5-4-6-13(2)17(12)22-16(25)11-24-18(26)20(3,23-19(24)27)14-7-9-15(21)10-8-14/h4-10H,11H2,1-3H3,(H,22,25)(H,23,27). The quantitative estimate of drug-likeness (QED) is 0.792. The third-order valence-electron chi connectivity index (χ3n) is 4.74. The first kappa shape index (κ1) is 18.9. The molecule has 4 amide bonds. The zero-order valence-electron chi connectivity index (χ0n) is 15.3. The molecule has 0 aliphatic carbocycles. The van der Waals surface area contributed by atoms with Gasteiger partial charge in [-0.05, 0) is 49.6 Å². The maximum absolute atomic E-state index is 12.9. The number of amides is 4. The zero-order valence-corrected chi connectivity index (χ0v) is 16.1. The van der Waals surface area contributed by atoms with E-state index in [2.05, 4.69) is 10.6 Å². The first-order valence-electron chi connectivity index (χ1n) is 8.48. The van der Waals surface area contributed by atoms with Crippen LogP contribution in [0.1, 0.15) is 23.6 Å². The lowest BCUT2D eigenvalue weighted by atomic mass is 9.92. The topological polar surface area (TPSA) is 78.5 Å². The Morgan fingerprint density at radius 2 is 1.70 bits per heavy atom. The molecule has 1 heterocycles. The summed E-state index contributed by atoms with van der Waals surface area (Å²) in [5.41, 5.74) is 1.87. The van der Waals surface area contributed by atoms with Crippen molar-refractivity contribution in [2.45, 2.75) is 26.3 Å². The number of halogens is 1. The molecular weight excluding hydrogens is 366 g/mol. The number of nitrogens with one attached hydrogen (secondary N) is 2. The molecule has 1 atom stereocenters. The van der Waals surface area contributed by atoms with Gasteiger partial charge in [-0.15, -0.1) is 0 Å². The number of hydrogen-bond donors (Lipinski definition) is 2. The predicted octanol–water partition coefficient (Wildman–Crippen LogP) is 3.36. The van der Waals surface area contributed by atoms with Crippen LogP contribution in [0.5, 0.6) is 0 Å². The van der Waals surface area contributed by atoms with Gasteiger partial charge in [-0.3, -0.25) is 14.5 Å². The molecule has 1 aliphatic heterocycles. The largest absolute Gasteiger partial charge is 0.325 e. The Hall–Kier alpha value is -2.86. The van der Waals surface area contributed by atoms with E-state index >= 15 is 0 Å². The van der Waals surface area contributed by atoms with Gasteiger partial charge in [0.05, 0.1) is 0 Å². The van der Waals surface area contributed by atoms with Gasteiger partial charge in [-0.2, -0.15) is 0 Å². The number of aryl methyl sites for hydroxylation is 2. The molecule has 6 nitrogen and oxygen atoms in total. The number of urea groups is 1. The molecule has 2 aromatic rings. The third-order valence-corrected chi connectivity index (χ3v) is 5.00. The minimum Gasteiger partial charge on any atom is -0.324 e. The van der Waals surface area contributed by atoms with Crippen LogP contribution in [-0.2, 0) is 15.1 Å². The van der Waals surface area contributed by atoms with Crippen molar-refractivity contribution < 1.29 is 14.4 Å². The Morgan fingerprint density at radius 1 is 1.11 bits per heavy atom. The number of benzene rings is 2. The van der Waals surface area contributed by atoms with E-state index < -0.39 is 23.4 Å². The Morgan fingerprint density at radius 3 is 2.30 bits per heavy atom. The molecule has 1 saturated heterocycles. The minimum atomic E-state index is -1.24. The lowest BCUT2D eigenvalue weighted by Gasteiger charge is -2.22. The fourth-order valence-corrected chi connectivity index (χ4v) is 3.28. The zero-order chi connectivity index (χ0) is 19.8. The Bertz CT molecular complexity index is 906. The van der Waals surface area contributed by atoms with E-state index in [0.29, 0.717) is 16.3 Å². The van der Waals surface area contributed by atoms with Crippen LogP contribution in [0.15, 0.2) is 42.5 Å². The fourth-order valence-electron chi connectivity index (χ4n) is 3.15. The number of imide groups is 1. The van der Waals surface area contributed by atoms with Gasteiger partial charge >= 0.3 is 6.03 Å². The number of anilines is 1. The SMILES string of the molecule is Cc1cccc(C)c1NC(=O)CN1C(=O)NC(C)(c2ccc(Cl)cc2)C1=O. The van der Waals surface area contributed by atoms with E-state index in [9.17, 15) is 14.4 Å². The fraction of sp³-hybridized carbons (Fsp3) is 0.250. The summed E-state index contributed by atoms with van der Waals surface area (Å²) in [4.78, 5) is 38.6. The van der Waals surface area contributed by atoms with Gasteiger partial charge < -0.3 is 10.6 Å². The van der Waals surface area contributed by atoms with Crippen molar-refractivity contribution in [1.29, 1.82) is 0 Å². The normalized spacial score (nSPS) is 19.2. The molecule has 0 radical (unpaired) electrons. The highest BCUT2D eigenvalue weighted by Crippen LogP contribution is 2.29. The summed E-state index contributed by atoms with van der Waals surface area (Å²) in [7, 11) is 0. The smallest absolute Gasteiger partial charge is 0.324 e. The summed E-state index contributed by atoms with van der Waals surface area (Å²) in [5.74, 6) is -0.914. The molecule has 0 spiro atoms. The molecule has 0 saturated carbocycles. The molecule has 1 aliphatic rings. The van der Waals surface area contributed by atoms with Crippen LogP contribution in [0.3, 0.4) is 0 Å². The molecule has 2 aromatic carbocycles. The summed E-state index contributed by atoms with van der Waals surface area (Å²) in [6.45, 7) is 5.02. The number of para-hydroxylation sites is 1. The molecule has 2 N–H and O–H groups in total. The minimum absolute atomic E-state index is 0.360. The number of hydrogen-bond acceptors (Lipinski definition) is 3. The van der Waals surface area contributed by atoms with E-state index in [4.69, 9.17) is 11.6 Å². The molecular formula is C20H20ClN3O3. The summed E-state index contributed by atoms with van der Waals surface area (Å²) in [6.07, 6.45) is 0. The predicted molar refractivity (Wildman–Crippen MR) is 104 cm³/mol. The van der Waals surface area contributed by atoms with Crippen molar-refractivity contribution in [2.75, 3.05) is 11.9 Å². The molecule has 27 heavy (non-hydrogen) atoms. The van der Waals surface area contributed by atoms with E-state index in [0.717, 1.165) is 16.0 Å². The molecule has 0 aromatic heterocycles. The van der Waals surface area contributed by atoms with Gasteiger partial charge in [0.1, 0.15) is 12.1 Å². The van der Waals surface area contributed by atoms with Crippen LogP contribution in [0.25, 0.3) is 0 Å². The second-order valence-electron chi connectivity index (χ2n) is 6.77. The molecule has 1 unspecified atom stereocenters. The van der Waals surface area contributed by atoms with E-state index in [1.807, 2.05) is 32.0 Å². The van der Waals surface area contributed by atoms with E-state index in [-0.39, 0.29) is 6.54 Å². The average molecular weight is 386 g/mol. The van der Waals surface area contributed by atoms with Crippen molar-refractivity contribution in [1.82, 2.24) is 10.2 Å².